The Balaban J connectivity index is 1.84. The van der Waals surface area contributed by atoms with Crippen LogP contribution in [-0.2, 0) is 10.0 Å². The number of thioether (sulfide) groups is 1. The zero-order valence-corrected chi connectivity index (χ0v) is 19.8. The second-order valence-corrected chi connectivity index (χ2v) is 10.6. The maximum Gasteiger partial charge on any atom is 0.404 e. The van der Waals surface area contributed by atoms with Gasteiger partial charge in [0.15, 0.2) is 0 Å². The van der Waals surface area contributed by atoms with Gasteiger partial charge in [0.1, 0.15) is 16.6 Å². The summed E-state index contributed by atoms with van der Waals surface area (Å²) in [5, 5.41) is 10.5. The second-order valence-electron chi connectivity index (χ2n) is 7.99. The van der Waals surface area contributed by atoms with Gasteiger partial charge in [-0.05, 0) is 50.6 Å². The molecule has 3 heterocycles. The first-order valence-corrected chi connectivity index (χ1v) is 13.0. The fourth-order valence-electron chi connectivity index (χ4n) is 3.80. The van der Waals surface area contributed by atoms with E-state index in [0.29, 0.717) is 23.7 Å². The lowest BCUT2D eigenvalue weighted by Gasteiger charge is -2.29. The number of carboxylic acid groups (broad SMARTS) is 1. The highest BCUT2D eigenvalue weighted by atomic mass is 32.2. The number of alkyl halides is 3. The number of carboxylic acids is 1. The van der Waals surface area contributed by atoms with Gasteiger partial charge in [-0.15, -0.1) is 11.8 Å². The van der Waals surface area contributed by atoms with Crippen molar-refractivity contribution in [1.29, 1.82) is 0 Å². The summed E-state index contributed by atoms with van der Waals surface area (Å²) in [4.78, 5) is 21.3. The van der Waals surface area contributed by atoms with Gasteiger partial charge in [0.2, 0.25) is 10.0 Å². The molecule has 2 N–H and O–H groups in total. The maximum absolute atomic E-state index is 12.8. The fraction of sp³-hybridized carbons (Fsp3) is 0.381. The first kappa shape index (κ1) is 24.5. The van der Waals surface area contributed by atoms with Crippen LogP contribution in [0.2, 0.25) is 0 Å². The molecular formula is C21H21F3N4O4S2. The number of halogens is 3. The third-order valence-corrected chi connectivity index (χ3v) is 8.04. The summed E-state index contributed by atoms with van der Waals surface area (Å²) in [7, 11) is -4.49. The van der Waals surface area contributed by atoms with Crippen molar-refractivity contribution >= 4 is 38.8 Å². The number of rotatable bonds is 7. The molecule has 1 aliphatic carbocycles. The Bertz CT molecular complexity index is 1350. The predicted molar refractivity (Wildman–Crippen MR) is 120 cm³/mol. The van der Waals surface area contributed by atoms with E-state index in [-0.39, 0.29) is 17.3 Å². The van der Waals surface area contributed by atoms with E-state index in [0.717, 1.165) is 36.4 Å². The normalized spacial score (nSPS) is 15.9. The Hall–Kier alpha value is -2.64. The van der Waals surface area contributed by atoms with Gasteiger partial charge in [0, 0.05) is 28.7 Å². The molecule has 8 nitrogen and oxygen atoms in total. The van der Waals surface area contributed by atoms with E-state index in [1.807, 2.05) is 10.8 Å². The Labute approximate surface area is 197 Å². The zero-order valence-electron chi connectivity index (χ0n) is 18.1. The molecule has 13 heteroatoms. The lowest BCUT2D eigenvalue weighted by Crippen LogP contribution is -2.42. The molecule has 0 radical (unpaired) electrons. The average Bonchev–Trinajstić information content (AvgIpc) is 3.06. The number of nitrogens with one attached hydrogen (secondary N) is 1. The summed E-state index contributed by atoms with van der Waals surface area (Å²) in [6, 6.07) is 1.89. The van der Waals surface area contributed by atoms with Gasteiger partial charge in [-0.3, -0.25) is 4.98 Å². The average molecular weight is 515 g/mol. The van der Waals surface area contributed by atoms with Gasteiger partial charge < -0.3 is 9.67 Å². The summed E-state index contributed by atoms with van der Waals surface area (Å²) >= 11 is 1.42. The quantitative estimate of drug-likeness (QED) is 0.447. The van der Waals surface area contributed by atoms with E-state index in [9.17, 15) is 31.5 Å². The molecule has 34 heavy (non-hydrogen) atoms. The molecule has 4 rings (SSSR count). The first-order valence-electron chi connectivity index (χ1n) is 10.3. The van der Waals surface area contributed by atoms with Crippen LogP contribution in [0.1, 0.15) is 42.6 Å². The molecule has 3 aromatic heterocycles. The summed E-state index contributed by atoms with van der Waals surface area (Å²) in [6.45, 7) is 0.700. The summed E-state index contributed by atoms with van der Waals surface area (Å²) in [6.07, 6.45) is 2.32. The van der Waals surface area contributed by atoms with Crippen LogP contribution in [0.5, 0.6) is 0 Å². The van der Waals surface area contributed by atoms with Crippen molar-refractivity contribution in [3.05, 3.63) is 36.2 Å². The minimum absolute atomic E-state index is 0.00257. The van der Waals surface area contributed by atoms with Crippen molar-refractivity contribution < 1.29 is 31.5 Å². The van der Waals surface area contributed by atoms with E-state index in [1.54, 1.807) is 17.0 Å². The van der Waals surface area contributed by atoms with Crippen molar-refractivity contribution in [3.8, 4) is 11.4 Å². The molecule has 1 fully saturated rings. The molecule has 0 aliphatic heterocycles. The van der Waals surface area contributed by atoms with Crippen LogP contribution in [0, 0.1) is 0 Å². The number of aromatic carboxylic acids is 1. The maximum atomic E-state index is 12.8. The molecule has 0 amide bonds. The Kier molecular flexibility index (Phi) is 6.38. The number of hydrogen-bond donors (Lipinski definition) is 2. The van der Waals surface area contributed by atoms with Crippen molar-refractivity contribution in [2.75, 3.05) is 6.26 Å². The standard InChI is InChI=1S/C21H21F3N4O4S2/c1-11(21(22,23)24)27-34(31,32)14-6-7-16(25-10-14)18-17(20(29)30)15-8-13(33-2)9-26-19(15)28(18)12-4-3-5-12/h6-12,27H,3-5H2,1-2H3,(H,29,30)/t11-/m0/s1. The van der Waals surface area contributed by atoms with Crippen molar-refractivity contribution in [2.24, 2.45) is 0 Å². The highest BCUT2D eigenvalue weighted by Crippen LogP contribution is 2.42. The van der Waals surface area contributed by atoms with Crippen molar-refractivity contribution in [1.82, 2.24) is 19.3 Å². The molecular weight excluding hydrogens is 493 g/mol. The van der Waals surface area contributed by atoms with Gasteiger partial charge in [0.05, 0.1) is 17.0 Å². The van der Waals surface area contributed by atoms with Crippen LogP contribution in [0.4, 0.5) is 13.2 Å². The third kappa shape index (κ3) is 4.39. The van der Waals surface area contributed by atoms with Gasteiger partial charge in [-0.25, -0.2) is 18.2 Å². The third-order valence-electron chi connectivity index (χ3n) is 5.82. The topological polar surface area (TPSA) is 114 Å². The van der Waals surface area contributed by atoms with Crippen LogP contribution >= 0.6 is 11.8 Å². The Morgan fingerprint density at radius 3 is 2.47 bits per heavy atom. The van der Waals surface area contributed by atoms with E-state index in [2.05, 4.69) is 9.97 Å². The smallest absolute Gasteiger partial charge is 0.404 e. The lowest BCUT2D eigenvalue weighted by molar-refractivity contribution is -0.147. The Morgan fingerprint density at radius 2 is 1.97 bits per heavy atom. The molecule has 0 unspecified atom stereocenters. The number of pyridine rings is 2. The number of aromatic nitrogens is 3. The number of sulfonamides is 1. The van der Waals surface area contributed by atoms with Crippen LogP contribution in [0.25, 0.3) is 22.4 Å². The van der Waals surface area contributed by atoms with Gasteiger partial charge >= 0.3 is 12.1 Å². The number of fused-ring (bicyclic) bond motifs is 1. The lowest BCUT2D eigenvalue weighted by atomic mass is 9.92. The predicted octanol–water partition coefficient (Wildman–Crippen LogP) is 4.47. The minimum Gasteiger partial charge on any atom is -0.478 e. The van der Waals surface area contributed by atoms with Crippen LogP contribution in [-0.4, -0.2) is 52.5 Å². The highest BCUT2D eigenvalue weighted by Gasteiger charge is 2.39. The van der Waals surface area contributed by atoms with Crippen molar-refractivity contribution in [2.45, 2.75) is 54.2 Å². The van der Waals surface area contributed by atoms with Gasteiger partial charge in [-0.2, -0.15) is 17.9 Å². The Morgan fingerprint density at radius 1 is 1.26 bits per heavy atom. The van der Waals surface area contributed by atoms with E-state index < -0.39 is 33.1 Å². The van der Waals surface area contributed by atoms with Gasteiger partial charge in [-0.1, -0.05) is 0 Å². The van der Waals surface area contributed by atoms with Crippen LogP contribution in [0.15, 0.2) is 40.4 Å². The monoisotopic (exact) mass is 514 g/mol. The summed E-state index contributed by atoms with van der Waals surface area (Å²) < 4.78 is 66.6. The molecule has 1 saturated carbocycles. The minimum atomic E-state index is -4.75. The highest BCUT2D eigenvalue weighted by molar-refractivity contribution is 7.98. The fourth-order valence-corrected chi connectivity index (χ4v) is 5.36. The zero-order chi connectivity index (χ0) is 24.8. The molecule has 0 saturated heterocycles. The largest absolute Gasteiger partial charge is 0.478 e. The molecule has 0 spiro atoms. The molecule has 3 aromatic rings. The second kappa shape index (κ2) is 8.86. The molecule has 182 valence electrons. The SMILES string of the molecule is CSc1cnc2c(c1)c(C(=O)O)c(-c1ccc(S(=O)(=O)N[C@@H](C)C(F)(F)F)cn1)n2C1CCC1. The number of hydrogen-bond acceptors (Lipinski definition) is 6. The summed E-state index contributed by atoms with van der Waals surface area (Å²) in [5.41, 5.74) is 0.973. The first-order chi connectivity index (χ1) is 15.9. The molecule has 0 aromatic carbocycles. The summed E-state index contributed by atoms with van der Waals surface area (Å²) in [5.74, 6) is -1.18. The van der Waals surface area contributed by atoms with Crippen molar-refractivity contribution in [3.63, 3.8) is 0 Å². The van der Waals surface area contributed by atoms with E-state index >= 15 is 0 Å². The van der Waals surface area contributed by atoms with E-state index in [1.165, 1.54) is 17.8 Å². The number of carbonyl (C=O) groups is 1. The molecule has 0 bridgehead atoms. The van der Waals surface area contributed by atoms with Crippen LogP contribution < -0.4 is 4.72 Å². The molecule has 1 aliphatic rings. The molecule has 1 atom stereocenters. The number of nitrogens with zero attached hydrogens (tertiary/aromatic N) is 3. The van der Waals surface area contributed by atoms with Crippen LogP contribution in [0.3, 0.4) is 0 Å². The van der Waals surface area contributed by atoms with Gasteiger partial charge in [0.25, 0.3) is 0 Å². The van der Waals surface area contributed by atoms with E-state index in [4.69, 9.17) is 0 Å².